The number of aromatic nitrogens is 1. The van der Waals surface area contributed by atoms with Crippen LogP contribution in [0.5, 0.6) is 11.5 Å². The van der Waals surface area contributed by atoms with Crippen molar-refractivity contribution in [3.8, 4) is 11.5 Å². The Kier molecular flexibility index (Phi) is 4.44. The topological polar surface area (TPSA) is 64.8 Å². The summed E-state index contributed by atoms with van der Waals surface area (Å²) in [6.07, 6.45) is 1.84. The van der Waals surface area contributed by atoms with E-state index in [1.165, 1.54) is 11.3 Å². The molecule has 0 atom stereocenters. The van der Waals surface area contributed by atoms with Crippen LogP contribution in [0.1, 0.15) is 16.9 Å². The van der Waals surface area contributed by atoms with E-state index in [-0.39, 0.29) is 19.1 Å². The molecule has 3 heterocycles. The van der Waals surface area contributed by atoms with Crippen molar-refractivity contribution in [1.29, 1.82) is 0 Å². The molecule has 5 rings (SSSR count). The molecular weight excluding hydrogens is 388 g/mol. The van der Waals surface area contributed by atoms with Gasteiger partial charge < -0.3 is 13.9 Å². The van der Waals surface area contributed by atoms with Gasteiger partial charge in [-0.2, -0.15) is 0 Å². The van der Waals surface area contributed by atoms with Crippen molar-refractivity contribution in [2.75, 3.05) is 11.7 Å². The lowest BCUT2D eigenvalue weighted by atomic mass is 10.1. The highest BCUT2D eigenvalue weighted by Gasteiger charge is 2.23. The van der Waals surface area contributed by atoms with E-state index < -0.39 is 0 Å². The lowest BCUT2D eigenvalue weighted by Gasteiger charge is -2.19. The van der Waals surface area contributed by atoms with Crippen LogP contribution in [0, 0.1) is 6.92 Å². The molecule has 2 aromatic carbocycles. The molecule has 4 aromatic rings. The Balaban J connectivity index is 1.47. The molecule has 0 spiro atoms. The van der Waals surface area contributed by atoms with Crippen LogP contribution in [0.15, 0.2) is 59.2 Å². The molecule has 29 heavy (non-hydrogen) atoms. The maximum Gasteiger partial charge on any atom is 0.233 e. The first-order valence-corrected chi connectivity index (χ1v) is 10.1. The minimum Gasteiger partial charge on any atom is -0.467 e. The van der Waals surface area contributed by atoms with E-state index in [9.17, 15) is 4.79 Å². The largest absolute Gasteiger partial charge is 0.467 e. The lowest BCUT2D eigenvalue weighted by molar-refractivity contribution is -0.118. The van der Waals surface area contributed by atoms with Crippen LogP contribution < -0.4 is 14.4 Å². The van der Waals surface area contributed by atoms with Gasteiger partial charge in [0.1, 0.15) is 5.76 Å². The SMILES string of the molecule is Cc1cccc2sc(N(Cc3ccco3)C(=O)Cc3ccc4c(c3)OCO4)nc12. The third-order valence-electron chi connectivity index (χ3n) is 4.83. The number of ether oxygens (including phenoxy) is 2. The number of nitrogens with zero attached hydrogens (tertiary/aromatic N) is 2. The van der Waals surface area contributed by atoms with Crippen molar-refractivity contribution in [3.63, 3.8) is 0 Å². The number of fused-ring (bicyclic) bond motifs is 2. The van der Waals surface area contributed by atoms with Gasteiger partial charge in [0.25, 0.3) is 0 Å². The number of benzene rings is 2. The second kappa shape index (κ2) is 7.25. The van der Waals surface area contributed by atoms with Crippen molar-refractivity contribution in [1.82, 2.24) is 4.98 Å². The van der Waals surface area contributed by atoms with Crippen LogP contribution in [0.2, 0.25) is 0 Å². The maximum absolute atomic E-state index is 13.3. The maximum atomic E-state index is 13.3. The predicted octanol–water partition coefficient (Wildman–Crippen LogP) is 4.70. The van der Waals surface area contributed by atoms with Gasteiger partial charge in [0, 0.05) is 0 Å². The number of amides is 1. The lowest BCUT2D eigenvalue weighted by Crippen LogP contribution is -2.31. The fourth-order valence-electron chi connectivity index (χ4n) is 3.33. The van der Waals surface area contributed by atoms with Gasteiger partial charge in [0.05, 0.1) is 29.4 Å². The number of carbonyl (C=O) groups excluding carboxylic acids is 1. The van der Waals surface area contributed by atoms with Gasteiger partial charge in [-0.25, -0.2) is 4.98 Å². The number of furan rings is 1. The van der Waals surface area contributed by atoms with Crippen LogP contribution in [0.25, 0.3) is 10.2 Å². The highest BCUT2D eigenvalue weighted by atomic mass is 32.1. The van der Waals surface area contributed by atoms with Gasteiger partial charge in [-0.1, -0.05) is 29.5 Å². The highest BCUT2D eigenvalue weighted by molar-refractivity contribution is 7.22. The average Bonchev–Trinajstić information content (AvgIpc) is 3.46. The van der Waals surface area contributed by atoms with E-state index in [2.05, 4.69) is 0 Å². The second-order valence-corrected chi connectivity index (χ2v) is 7.85. The number of carbonyl (C=O) groups is 1. The Morgan fingerprint density at radius 3 is 2.86 bits per heavy atom. The zero-order valence-corrected chi connectivity index (χ0v) is 16.6. The molecule has 0 bridgehead atoms. The monoisotopic (exact) mass is 406 g/mol. The summed E-state index contributed by atoms with van der Waals surface area (Å²) in [6.45, 7) is 2.56. The summed E-state index contributed by atoms with van der Waals surface area (Å²) in [4.78, 5) is 19.7. The molecule has 2 aromatic heterocycles. The summed E-state index contributed by atoms with van der Waals surface area (Å²) in [5, 5.41) is 0.663. The first-order valence-electron chi connectivity index (χ1n) is 9.25. The normalized spacial score (nSPS) is 12.4. The Bertz CT molecular complexity index is 1180. The molecular formula is C22H18N2O4S. The zero-order valence-electron chi connectivity index (χ0n) is 15.8. The molecule has 0 saturated heterocycles. The number of rotatable bonds is 5. The van der Waals surface area contributed by atoms with Gasteiger partial charge in [0.2, 0.25) is 12.7 Å². The molecule has 0 aliphatic carbocycles. The summed E-state index contributed by atoms with van der Waals surface area (Å²) in [6, 6.07) is 15.3. The van der Waals surface area contributed by atoms with Crippen molar-refractivity contribution in [3.05, 3.63) is 71.7 Å². The number of hydrogen-bond acceptors (Lipinski definition) is 6. The van der Waals surface area contributed by atoms with Crippen LogP contribution in [0.4, 0.5) is 5.13 Å². The third kappa shape index (κ3) is 3.45. The Labute approximate surface area is 171 Å². The van der Waals surface area contributed by atoms with E-state index in [0.717, 1.165) is 21.3 Å². The summed E-state index contributed by atoms with van der Waals surface area (Å²) < 4.78 is 17.3. The van der Waals surface area contributed by atoms with Gasteiger partial charge in [-0.3, -0.25) is 9.69 Å². The van der Waals surface area contributed by atoms with Crippen LogP contribution in [-0.2, 0) is 17.8 Å². The fraction of sp³-hybridized carbons (Fsp3) is 0.182. The van der Waals surface area contributed by atoms with Crippen molar-refractivity contribution in [2.24, 2.45) is 0 Å². The molecule has 0 saturated carbocycles. The summed E-state index contributed by atoms with van der Waals surface area (Å²) in [5.74, 6) is 2.02. The van der Waals surface area contributed by atoms with E-state index in [1.807, 2.05) is 55.5 Å². The molecule has 1 aliphatic heterocycles. The van der Waals surface area contributed by atoms with Crippen molar-refractivity contribution >= 4 is 32.6 Å². The Hall–Kier alpha value is -3.32. The number of thiazole rings is 1. The van der Waals surface area contributed by atoms with Gasteiger partial charge in [-0.15, -0.1) is 0 Å². The molecule has 146 valence electrons. The summed E-state index contributed by atoms with van der Waals surface area (Å²) in [5.41, 5.74) is 2.87. The quantitative estimate of drug-likeness (QED) is 0.481. The highest BCUT2D eigenvalue weighted by Crippen LogP contribution is 2.34. The minimum atomic E-state index is -0.0584. The molecule has 6 nitrogen and oxygen atoms in total. The standard InChI is InChI=1S/C22H18N2O4S/c1-14-4-2-6-19-21(14)23-22(29-19)24(12-16-5-3-9-26-16)20(25)11-15-7-8-17-18(10-15)28-13-27-17/h2-10H,11-13H2,1H3. The molecule has 1 aliphatic rings. The van der Waals surface area contributed by atoms with Crippen LogP contribution in [-0.4, -0.2) is 17.7 Å². The van der Waals surface area contributed by atoms with Gasteiger partial charge >= 0.3 is 0 Å². The second-order valence-electron chi connectivity index (χ2n) is 6.84. The Morgan fingerprint density at radius 2 is 2.03 bits per heavy atom. The van der Waals surface area contributed by atoms with Crippen molar-refractivity contribution < 1.29 is 18.7 Å². The minimum absolute atomic E-state index is 0.0584. The van der Waals surface area contributed by atoms with E-state index in [4.69, 9.17) is 18.9 Å². The molecule has 0 N–H and O–H groups in total. The molecule has 0 radical (unpaired) electrons. The van der Waals surface area contributed by atoms with Gasteiger partial charge in [-0.05, 0) is 48.4 Å². The summed E-state index contributed by atoms with van der Waals surface area (Å²) >= 11 is 1.51. The fourth-order valence-corrected chi connectivity index (χ4v) is 4.39. The molecule has 0 unspecified atom stereocenters. The number of aryl methyl sites for hydroxylation is 1. The third-order valence-corrected chi connectivity index (χ3v) is 5.87. The smallest absolute Gasteiger partial charge is 0.233 e. The van der Waals surface area contributed by atoms with Crippen molar-refractivity contribution in [2.45, 2.75) is 19.9 Å². The van der Waals surface area contributed by atoms with E-state index in [0.29, 0.717) is 28.9 Å². The van der Waals surface area contributed by atoms with Crippen LogP contribution >= 0.6 is 11.3 Å². The predicted molar refractivity (Wildman–Crippen MR) is 111 cm³/mol. The molecule has 0 fully saturated rings. The van der Waals surface area contributed by atoms with E-state index in [1.54, 1.807) is 11.2 Å². The zero-order chi connectivity index (χ0) is 19.8. The molecule has 1 amide bonds. The first-order chi connectivity index (χ1) is 14.2. The first kappa shape index (κ1) is 17.8. The summed E-state index contributed by atoms with van der Waals surface area (Å²) in [7, 11) is 0. The molecule has 7 heteroatoms. The van der Waals surface area contributed by atoms with Gasteiger partial charge in [0.15, 0.2) is 16.6 Å². The number of hydrogen-bond donors (Lipinski definition) is 0. The van der Waals surface area contributed by atoms with Crippen LogP contribution in [0.3, 0.4) is 0 Å². The van der Waals surface area contributed by atoms with E-state index >= 15 is 0 Å². The number of anilines is 1. The average molecular weight is 406 g/mol. The number of para-hydroxylation sites is 1. The Morgan fingerprint density at radius 1 is 1.14 bits per heavy atom.